The van der Waals surface area contributed by atoms with Gasteiger partial charge in [-0.2, -0.15) is 0 Å². The molecule has 2 rings (SSSR count). The molecule has 0 bridgehead atoms. The SMILES string of the molecule is CCN(CC(=O)Nc1ccc(C)cc1C)Cc1cc(Br)ccc1F. The number of halogens is 2. The van der Waals surface area contributed by atoms with Crippen molar-refractivity contribution in [2.24, 2.45) is 0 Å². The lowest BCUT2D eigenvalue weighted by Crippen LogP contribution is -2.33. The van der Waals surface area contributed by atoms with Crippen LogP contribution >= 0.6 is 15.9 Å². The number of hydrogen-bond donors (Lipinski definition) is 1. The van der Waals surface area contributed by atoms with E-state index in [0.717, 1.165) is 21.3 Å². The van der Waals surface area contributed by atoms with Crippen molar-refractivity contribution in [3.63, 3.8) is 0 Å². The first kappa shape index (κ1) is 18.6. The molecule has 0 aliphatic heterocycles. The summed E-state index contributed by atoms with van der Waals surface area (Å²) in [6.45, 7) is 7.21. The summed E-state index contributed by atoms with van der Waals surface area (Å²) in [4.78, 5) is 14.2. The Hall–Kier alpha value is -1.72. The fourth-order valence-corrected chi connectivity index (χ4v) is 2.94. The number of aryl methyl sites for hydroxylation is 2. The Morgan fingerprint density at radius 3 is 2.62 bits per heavy atom. The van der Waals surface area contributed by atoms with Crippen LogP contribution in [-0.2, 0) is 11.3 Å². The van der Waals surface area contributed by atoms with E-state index in [4.69, 9.17) is 0 Å². The number of carbonyl (C=O) groups is 1. The highest BCUT2D eigenvalue weighted by atomic mass is 79.9. The third-order valence-corrected chi connectivity index (χ3v) is 4.37. The van der Waals surface area contributed by atoms with Gasteiger partial charge in [0, 0.05) is 22.3 Å². The first-order valence-corrected chi connectivity index (χ1v) is 8.71. The van der Waals surface area contributed by atoms with E-state index in [1.165, 1.54) is 6.07 Å². The number of carbonyl (C=O) groups excluding carboxylic acids is 1. The van der Waals surface area contributed by atoms with Crippen molar-refractivity contribution in [3.8, 4) is 0 Å². The maximum Gasteiger partial charge on any atom is 0.238 e. The van der Waals surface area contributed by atoms with E-state index in [9.17, 15) is 9.18 Å². The van der Waals surface area contributed by atoms with E-state index in [2.05, 4.69) is 21.2 Å². The molecule has 0 atom stereocenters. The Morgan fingerprint density at radius 2 is 1.96 bits per heavy atom. The smallest absolute Gasteiger partial charge is 0.238 e. The third kappa shape index (κ3) is 5.14. The van der Waals surface area contributed by atoms with E-state index in [1.807, 2.05) is 43.9 Å². The second-order valence-electron chi connectivity index (χ2n) is 5.91. The van der Waals surface area contributed by atoms with Crippen LogP contribution in [0.5, 0.6) is 0 Å². The molecular weight excluding hydrogens is 371 g/mol. The highest BCUT2D eigenvalue weighted by Gasteiger charge is 2.13. The third-order valence-electron chi connectivity index (χ3n) is 3.87. The van der Waals surface area contributed by atoms with Crippen molar-refractivity contribution in [1.29, 1.82) is 0 Å². The van der Waals surface area contributed by atoms with Crippen LogP contribution in [0.2, 0.25) is 0 Å². The van der Waals surface area contributed by atoms with Crippen LogP contribution in [-0.4, -0.2) is 23.9 Å². The molecule has 0 aliphatic carbocycles. The lowest BCUT2D eigenvalue weighted by molar-refractivity contribution is -0.117. The van der Waals surface area contributed by atoms with Crippen molar-refractivity contribution in [2.45, 2.75) is 27.3 Å². The molecule has 0 saturated carbocycles. The van der Waals surface area contributed by atoms with Gasteiger partial charge in [0.25, 0.3) is 0 Å². The molecule has 0 unspecified atom stereocenters. The minimum Gasteiger partial charge on any atom is -0.325 e. The summed E-state index contributed by atoms with van der Waals surface area (Å²) in [5.74, 6) is -0.356. The monoisotopic (exact) mass is 392 g/mol. The second kappa shape index (κ2) is 8.40. The zero-order valence-electron chi connectivity index (χ0n) is 14.2. The van der Waals surface area contributed by atoms with E-state index in [-0.39, 0.29) is 18.3 Å². The number of benzene rings is 2. The highest BCUT2D eigenvalue weighted by molar-refractivity contribution is 9.10. The zero-order chi connectivity index (χ0) is 17.7. The number of nitrogens with one attached hydrogen (secondary N) is 1. The van der Waals surface area contributed by atoms with Crippen LogP contribution in [0.15, 0.2) is 40.9 Å². The Morgan fingerprint density at radius 1 is 1.21 bits per heavy atom. The fourth-order valence-electron chi connectivity index (χ4n) is 2.53. The number of anilines is 1. The summed E-state index contributed by atoms with van der Waals surface area (Å²) in [6, 6.07) is 10.8. The summed E-state index contributed by atoms with van der Waals surface area (Å²) in [6.07, 6.45) is 0. The van der Waals surface area contributed by atoms with Gasteiger partial charge in [0.2, 0.25) is 5.91 Å². The van der Waals surface area contributed by atoms with Crippen molar-refractivity contribution in [2.75, 3.05) is 18.4 Å². The molecule has 128 valence electrons. The number of likely N-dealkylation sites (N-methyl/N-ethyl adjacent to an activating group) is 1. The normalized spacial score (nSPS) is 10.9. The Bertz CT molecular complexity index is 733. The van der Waals surface area contributed by atoms with Crippen molar-refractivity contribution in [3.05, 3.63) is 63.4 Å². The Labute approximate surface area is 151 Å². The first-order chi connectivity index (χ1) is 11.4. The van der Waals surface area contributed by atoms with Crippen LogP contribution in [0.3, 0.4) is 0 Å². The van der Waals surface area contributed by atoms with Gasteiger partial charge in [-0.3, -0.25) is 9.69 Å². The molecule has 1 N–H and O–H groups in total. The largest absolute Gasteiger partial charge is 0.325 e. The molecular formula is C19H22BrFN2O. The van der Waals surface area contributed by atoms with Gasteiger partial charge < -0.3 is 5.32 Å². The van der Waals surface area contributed by atoms with E-state index >= 15 is 0 Å². The quantitative estimate of drug-likeness (QED) is 0.774. The lowest BCUT2D eigenvalue weighted by atomic mass is 10.1. The van der Waals surface area contributed by atoms with E-state index in [1.54, 1.807) is 12.1 Å². The molecule has 0 saturated heterocycles. The second-order valence-corrected chi connectivity index (χ2v) is 6.82. The van der Waals surface area contributed by atoms with Crippen LogP contribution in [0.25, 0.3) is 0 Å². The van der Waals surface area contributed by atoms with Gasteiger partial charge >= 0.3 is 0 Å². The topological polar surface area (TPSA) is 32.3 Å². The Kier molecular flexibility index (Phi) is 6.52. The van der Waals surface area contributed by atoms with Crippen molar-refractivity contribution < 1.29 is 9.18 Å². The van der Waals surface area contributed by atoms with E-state index < -0.39 is 0 Å². The summed E-state index contributed by atoms with van der Waals surface area (Å²) in [5.41, 5.74) is 3.58. The standard InChI is InChI=1S/C19H22BrFN2O/c1-4-23(11-15-10-16(20)6-7-17(15)21)12-19(24)22-18-8-5-13(2)9-14(18)3/h5-10H,4,11-12H2,1-3H3,(H,22,24). The first-order valence-electron chi connectivity index (χ1n) is 7.92. The van der Waals surface area contributed by atoms with Gasteiger partial charge in [0.05, 0.1) is 6.54 Å². The maximum absolute atomic E-state index is 13.9. The van der Waals surface area contributed by atoms with E-state index in [0.29, 0.717) is 18.7 Å². The van der Waals surface area contributed by atoms with Crippen molar-refractivity contribution >= 4 is 27.5 Å². The van der Waals surface area contributed by atoms with Gasteiger partial charge in [-0.15, -0.1) is 0 Å². The molecule has 24 heavy (non-hydrogen) atoms. The number of hydrogen-bond acceptors (Lipinski definition) is 2. The van der Waals surface area contributed by atoms with Gasteiger partial charge in [-0.05, 0) is 50.2 Å². The van der Waals surface area contributed by atoms with Crippen LogP contribution in [0.1, 0.15) is 23.6 Å². The molecule has 0 fully saturated rings. The van der Waals surface area contributed by atoms with Crippen molar-refractivity contribution in [1.82, 2.24) is 4.90 Å². The lowest BCUT2D eigenvalue weighted by Gasteiger charge is -2.21. The molecule has 0 aliphatic rings. The number of nitrogens with zero attached hydrogens (tertiary/aromatic N) is 1. The summed E-state index contributed by atoms with van der Waals surface area (Å²) < 4.78 is 14.7. The molecule has 2 aromatic carbocycles. The molecule has 2 aromatic rings. The molecule has 1 amide bonds. The number of rotatable bonds is 6. The minimum absolute atomic E-state index is 0.0980. The zero-order valence-corrected chi connectivity index (χ0v) is 15.8. The van der Waals surface area contributed by atoms with Crippen LogP contribution in [0.4, 0.5) is 10.1 Å². The number of amides is 1. The Balaban J connectivity index is 2.01. The van der Waals surface area contributed by atoms with Crippen LogP contribution < -0.4 is 5.32 Å². The maximum atomic E-state index is 13.9. The summed E-state index contributed by atoms with van der Waals surface area (Å²) in [7, 11) is 0. The van der Waals surface area contributed by atoms with Gasteiger partial charge in [-0.25, -0.2) is 4.39 Å². The molecule has 5 heteroatoms. The molecule has 0 aromatic heterocycles. The average Bonchev–Trinajstić information content (AvgIpc) is 2.53. The average molecular weight is 393 g/mol. The predicted molar refractivity (Wildman–Crippen MR) is 99.6 cm³/mol. The molecule has 0 spiro atoms. The molecule has 0 heterocycles. The minimum atomic E-state index is -0.258. The van der Waals surface area contributed by atoms with Gasteiger partial charge in [0.1, 0.15) is 5.82 Å². The highest BCUT2D eigenvalue weighted by Crippen LogP contribution is 2.18. The van der Waals surface area contributed by atoms with Gasteiger partial charge in [-0.1, -0.05) is 40.5 Å². The summed E-state index contributed by atoms with van der Waals surface area (Å²) in [5, 5.41) is 2.93. The fraction of sp³-hybridized carbons (Fsp3) is 0.316. The molecule has 0 radical (unpaired) electrons. The molecule has 3 nitrogen and oxygen atoms in total. The summed E-state index contributed by atoms with van der Waals surface area (Å²) >= 11 is 3.35. The predicted octanol–water partition coefficient (Wildman–Crippen LogP) is 4.67. The van der Waals surface area contributed by atoms with Crippen LogP contribution in [0, 0.1) is 19.7 Å². The van der Waals surface area contributed by atoms with Gasteiger partial charge in [0.15, 0.2) is 0 Å².